The van der Waals surface area contributed by atoms with Crippen LogP contribution in [0.15, 0.2) is 48.5 Å². The van der Waals surface area contributed by atoms with Gasteiger partial charge in [-0.2, -0.15) is 0 Å². The van der Waals surface area contributed by atoms with E-state index >= 15 is 0 Å². The molecule has 2 rings (SSSR count). The summed E-state index contributed by atoms with van der Waals surface area (Å²) in [6, 6.07) is 16.2. The van der Waals surface area contributed by atoms with Crippen molar-refractivity contribution in [3.63, 3.8) is 0 Å². The molecule has 0 bridgehead atoms. The lowest BCUT2D eigenvalue weighted by molar-refractivity contribution is 0.197. The van der Waals surface area contributed by atoms with Gasteiger partial charge in [0.15, 0.2) is 0 Å². The summed E-state index contributed by atoms with van der Waals surface area (Å²) in [5.41, 5.74) is 14.3. The Morgan fingerprint density at radius 3 is 1.60 bits per heavy atom. The number of benzene rings is 2. The van der Waals surface area contributed by atoms with E-state index < -0.39 is 0 Å². The standard InChI is InChI=1S/C21H30N2O2/c1-3-7-20(22)24-18-11-5-9-16(14-18)13-17-10-6-12-19(15-17)25-21(23)8-4-2/h5-6,9-12,14-15,20-21H,3-4,7-8,13,22-23H2,1-2H3. The van der Waals surface area contributed by atoms with Crippen LogP contribution in [-0.4, -0.2) is 12.5 Å². The molecule has 0 spiro atoms. The van der Waals surface area contributed by atoms with Crippen LogP contribution in [0.1, 0.15) is 50.7 Å². The Kier molecular flexibility index (Phi) is 7.76. The molecule has 4 nitrogen and oxygen atoms in total. The number of hydrogen-bond acceptors (Lipinski definition) is 4. The first-order chi connectivity index (χ1) is 12.1. The Bertz CT molecular complexity index is 590. The van der Waals surface area contributed by atoms with Crippen molar-refractivity contribution in [1.82, 2.24) is 0 Å². The summed E-state index contributed by atoms with van der Waals surface area (Å²) in [4.78, 5) is 0. The van der Waals surface area contributed by atoms with E-state index in [2.05, 4.69) is 26.0 Å². The molecular formula is C21H30N2O2. The van der Waals surface area contributed by atoms with Gasteiger partial charge in [0.1, 0.15) is 24.0 Å². The van der Waals surface area contributed by atoms with Gasteiger partial charge < -0.3 is 9.47 Å². The largest absolute Gasteiger partial charge is 0.476 e. The van der Waals surface area contributed by atoms with E-state index in [-0.39, 0.29) is 12.5 Å². The summed E-state index contributed by atoms with van der Waals surface area (Å²) < 4.78 is 11.5. The minimum absolute atomic E-state index is 0.253. The lowest BCUT2D eigenvalue weighted by atomic mass is 10.0. The van der Waals surface area contributed by atoms with Gasteiger partial charge in [0.05, 0.1) is 0 Å². The first-order valence-corrected chi connectivity index (χ1v) is 9.13. The third kappa shape index (κ3) is 6.77. The highest BCUT2D eigenvalue weighted by molar-refractivity contribution is 5.35. The highest BCUT2D eigenvalue weighted by atomic mass is 16.5. The molecule has 0 amide bonds. The van der Waals surface area contributed by atoms with E-state index in [1.54, 1.807) is 0 Å². The molecule has 0 aromatic heterocycles. The van der Waals surface area contributed by atoms with E-state index in [0.29, 0.717) is 0 Å². The molecule has 0 aliphatic heterocycles. The van der Waals surface area contributed by atoms with Crippen molar-refractivity contribution < 1.29 is 9.47 Å². The predicted octanol–water partition coefficient (Wildman–Crippen LogP) is 4.20. The third-order valence-corrected chi connectivity index (χ3v) is 3.93. The summed E-state index contributed by atoms with van der Waals surface area (Å²) in [7, 11) is 0. The predicted molar refractivity (Wildman–Crippen MR) is 103 cm³/mol. The van der Waals surface area contributed by atoms with Crippen LogP contribution in [0.5, 0.6) is 11.5 Å². The lowest BCUT2D eigenvalue weighted by Crippen LogP contribution is -2.26. The number of ether oxygens (including phenoxy) is 2. The molecule has 2 unspecified atom stereocenters. The zero-order valence-corrected chi connectivity index (χ0v) is 15.3. The lowest BCUT2D eigenvalue weighted by Gasteiger charge is -2.15. The second-order valence-corrected chi connectivity index (χ2v) is 6.36. The maximum Gasteiger partial charge on any atom is 0.147 e. The van der Waals surface area contributed by atoms with Crippen molar-refractivity contribution >= 4 is 0 Å². The molecule has 4 N–H and O–H groups in total. The van der Waals surface area contributed by atoms with Crippen molar-refractivity contribution in [3.8, 4) is 11.5 Å². The highest BCUT2D eigenvalue weighted by Crippen LogP contribution is 2.21. The molecule has 0 saturated carbocycles. The van der Waals surface area contributed by atoms with Gasteiger partial charge in [-0.15, -0.1) is 0 Å². The molecule has 0 radical (unpaired) electrons. The van der Waals surface area contributed by atoms with Crippen LogP contribution >= 0.6 is 0 Å². The Balaban J connectivity index is 2.02. The van der Waals surface area contributed by atoms with Gasteiger partial charge in [-0.1, -0.05) is 51.0 Å². The molecule has 0 heterocycles. The smallest absolute Gasteiger partial charge is 0.147 e. The molecule has 25 heavy (non-hydrogen) atoms. The van der Waals surface area contributed by atoms with Gasteiger partial charge >= 0.3 is 0 Å². The molecule has 0 aliphatic carbocycles. The third-order valence-electron chi connectivity index (χ3n) is 3.93. The molecule has 0 aliphatic rings. The quantitative estimate of drug-likeness (QED) is 0.635. The molecular weight excluding hydrogens is 312 g/mol. The van der Waals surface area contributed by atoms with Crippen LogP contribution in [0.3, 0.4) is 0 Å². The minimum atomic E-state index is -0.253. The maximum atomic E-state index is 5.96. The van der Waals surface area contributed by atoms with E-state index in [0.717, 1.165) is 43.6 Å². The number of hydrogen-bond donors (Lipinski definition) is 2. The summed E-state index contributed by atoms with van der Waals surface area (Å²) in [6.45, 7) is 4.20. The van der Waals surface area contributed by atoms with Crippen molar-refractivity contribution in [2.75, 3.05) is 0 Å². The number of rotatable bonds is 10. The Labute approximate surface area is 151 Å². The maximum absolute atomic E-state index is 5.96. The SMILES string of the molecule is CCCC(N)Oc1cccc(Cc2cccc(OC(N)CCC)c2)c1. The molecule has 2 atom stereocenters. The van der Waals surface area contributed by atoms with Crippen molar-refractivity contribution in [1.29, 1.82) is 0 Å². The Hall–Kier alpha value is -2.04. The summed E-state index contributed by atoms with van der Waals surface area (Å²) in [5, 5.41) is 0. The fourth-order valence-corrected chi connectivity index (χ4v) is 2.73. The summed E-state index contributed by atoms with van der Waals surface area (Å²) >= 11 is 0. The second-order valence-electron chi connectivity index (χ2n) is 6.36. The van der Waals surface area contributed by atoms with Crippen molar-refractivity contribution in [2.45, 2.75) is 58.4 Å². The second kappa shape index (κ2) is 10.1. The van der Waals surface area contributed by atoms with Crippen LogP contribution in [-0.2, 0) is 6.42 Å². The Morgan fingerprint density at radius 2 is 1.20 bits per heavy atom. The van der Waals surface area contributed by atoms with Crippen LogP contribution in [0, 0.1) is 0 Å². The van der Waals surface area contributed by atoms with E-state index in [1.807, 2.05) is 36.4 Å². The normalized spacial score (nSPS) is 13.3. The summed E-state index contributed by atoms with van der Waals surface area (Å²) in [6.07, 6.45) is 4.01. The molecule has 0 fully saturated rings. The van der Waals surface area contributed by atoms with Crippen LogP contribution in [0.4, 0.5) is 0 Å². The zero-order chi connectivity index (χ0) is 18.1. The summed E-state index contributed by atoms with van der Waals surface area (Å²) in [5.74, 6) is 1.63. The fraction of sp³-hybridized carbons (Fsp3) is 0.429. The van der Waals surface area contributed by atoms with Crippen LogP contribution in [0.2, 0.25) is 0 Å². The van der Waals surface area contributed by atoms with Crippen molar-refractivity contribution in [3.05, 3.63) is 59.7 Å². The minimum Gasteiger partial charge on any atom is -0.476 e. The molecule has 2 aromatic rings. The molecule has 2 aromatic carbocycles. The van der Waals surface area contributed by atoms with Gasteiger partial charge in [0.2, 0.25) is 0 Å². The monoisotopic (exact) mass is 342 g/mol. The fourth-order valence-electron chi connectivity index (χ4n) is 2.73. The molecule has 136 valence electrons. The van der Waals surface area contributed by atoms with E-state index in [9.17, 15) is 0 Å². The topological polar surface area (TPSA) is 70.5 Å². The van der Waals surface area contributed by atoms with Crippen molar-refractivity contribution in [2.24, 2.45) is 11.5 Å². The van der Waals surface area contributed by atoms with Gasteiger partial charge in [-0.3, -0.25) is 11.5 Å². The average Bonchev–Trinajstić information content (AvgIpc) is 2.56. The first kappa shape index (κ1) is 19.3. The van der Waals surface area contributed by atoms with Gasteiger partial charge in [0, 0.05) is 0 Å². The number of nitrogens with two attached hydrogens (primary N) is 2. The zero-order valence-electron chi connectivity index (χ0n) is 15.3. The first-order valence-electron chi connectivity index (χ1n) is 9.13. The molecule has 0 saturated heterocycles. The van der Waals surface area contributed by atoms with Gasteiger partial charge in [-0.25, -0.2) is 0 Å². The van der Waals surface area contributed by atoms with Crippen LogP contribution in [0.25, 0.3) is 0 Å². The van der Waals surface area contributed by atoms with Crippen LogP contribution < -0.4 is 20.9 Å². The Morgan fingerprint density at radius 1 is 0.760 bits per heavy atom. The molecule has 4 heteroatoms. The van der Waals surface area contributed by atoms with Gasteiger partial charge in [-0.05, 0) is 54.7 Å². The van der Waals surface area contributed by atoms with E-state index in [4.69, 9.17) is 20.9 Å². The van der Waals surface area contributed by atoms with E-state index in [1.165, 1.54) is 11.1 Å². The average molecular weight is 342 g/mol. The highest BCUT2D eigenvalue weighted by Gasteiger charge is 2.06. The van der Waals surface area contributed by atoms with Gasteiger partial charge in [0.25, 0.3) is 0 Å².